The molecule has 16 heavy (non-hydrogen) atoms. The summed E-state index contributed by atoms with van der Waals surface area (Å²) in [6.07, 6.45) is 0.984. The lowest BCUT2D eigenvalue weighted by Crippen LogP contribution is -2.54. The second-order valence-electron chi connectivity index (χ2n) is 4.88. The van der Waals surface area contributed by atoms with E-state index in [0.29, 0.717) is 6.04 Å². The smallest absolute Gasteiger partial charge is 0.317 e. The SMILES string of the molecule is CCC(C)NC(=O)N1CCN(C(C)C)CC1. The summed E-state index contributed by atoms with van der Waals surface area (Å²) in [5, 5.41) is 3.01. The fourth-order valence-electron chi connectivity index (χ4n) is 1.85. The standard InChI is InChI=1S/C12H25N3O/c1-5-11(4)13-12(16)15-8-6-14(7-9-15)10(2)3/h10-11H,5-9H2,1-4H3,(H,13,16). The van der Waals surface area contributed by atoms with Crippen molar-refractivity contribution in [3.63, 3.8) is 0 Å². The molecular weight excluding hydrogens is 202 g/mol. The molecule has 0 radical (unpaired) electrons. The van der Waals surface area contributed by atoms with Crippen molar-refractivity contribution in [1.29, 1.82) is 0 Å². The van der Waals surface area contributed by atoms with Gasteiger partial charge in [-0.2, -0.15) is 0 Å². The molecule has 2 amide bonds. The third-order valence-corrected chi connectivity index (χ3v) is 3.31. The van der Waals surface area contributed by atoms with Gasteiger partial charge in [0.1, 0.15) is 0 Å². The van der Waals surface area contributed by atoms with Gasteiger partial charge in [0.2, 0.25) is 0 Å². The van der Waals surface area contributed by atoms with Crippen LogP contribution in [0.1, 0.15) is 34.1 Å². The van der Waals surface area contributed by atoms with Crippen molar-refractivity contribution in [2.45, 2.75) is 46.2 Å². The minimum absolute atomic E-state index is 0.0951. The van der Waals surface area contributed by atoms with Gasteiger partial charge in [-0.15, -0.1) is 0 Å². The van der Waals surface area contributed by atoms with Gasteiger partial charge in [-0.1, -0.05) is 6.92 Å². The van der Waals surface area contributed by atoms with E-state index >= 15 is 0 Å². The molecule has 4 nitrogen and oxygen atoms in total. The van der Waals surface area contributed by atoms with E-state index in [2.05, 4.69) is 31.0 Å². The van der Waals surface area contributed by atoms with Crippen molar-refractivity contribution in [3.8, 4) is 0 Å². The molecule has 1 rings (SSSR count). The third-order valence-electron chi connectivity index (χ3n) is 3.31. The van der Waals surface area contributed by atoms with E-state index in [-0.39, 0.29) is 12.1 Å². The Labute approximate surface area is 99.0 Å². The maximum absolute atomic E-state index is 11.8. The van der Waals surface area contributed by atoms with Crippen molar-refractivity contribution >= 4 is 6.03 Å². The number of nitrogens with zero attached hydrogens (tertiary/aromatic N) is 2. The van der Waals surface area contributed by atoms with Crippen molar-refractivity contribution in [1.82, 2.24) is 15.1 Å². The molecule has 0 bridgehead atoms. The zero-order chi connectivity index (χ0) is 12.1. The molecular formula is C12H25N3O. The number of urea groups is 1. The first-order valence-electron chi connectivity index (χ1n) is 6.34. The second-order valence-corrected chi connectivity index (χ2v) is 4.88. The molecule has 0 saturated carbocycles. The molecule has 0 aromatic rings. The molecule has 0 aliphatic carbocycles. The number of hydrogen-bond acceptors (Lipinski definition) is 2. The lowest BCUT2D eigenvalue weighted by Gasteiger charge is -2.37. The zero-order valence-corrected chi connectivity index (χ0v) is 11.0. The van der Waals surface area contributed by atoms with E-state index in [1.54, 1.807) is 0 Å². The van der Waals surface area contributed by atoms with E-state index in [0.717, 1.165) is 32.6 Å². The number of nitrogens with one attached hydrogen (secondary N) is 1. The first-order chi connectivity index (χ1) is 7.54. The van der Waals surface area contributed by atoms with Crippen molar-refractivity contribution < 1.29 is 4.79 Å². The van der Waals surface area contributed by atoms with Crippen LogP contribution in [0.3, 0.4) is 0 Å². The predicted molar refractivity (Wildman–Crippen MR) is 66.6 cm³/mol. The van der Waals surface area contributed by atoms with Gasteiger partial charge in [0.25, 0.3) is 0 Å². The highest BCUT2D eigenvalue weighted by Crippen LogP contribution is 2.06. The minimum atomic E-state index is 0.0951. The van der Waals surface area contributed by atoms with Crippen LogP contribution in [-0.2, 0) is 0 Å². The molecule has 1 N–H and O–H groups in total. The van der Waals surface area contributed by atoms with Gasteiger partial charge >= 0.3 is 6.03 Å². The van der Waals surface area contributed by atoms with Gasteiger partial charge in [0, 0.05) is 38.3 Å². The second kappa shape index (κ2) is 6.09. The summed E-state index contributed by atoms with van der Waals surface area (Å²) in [5.41, 5.74) is 0. The number of amides is 2. The Kier molecular flexibility index (Phi) is 5.06. The summed E-state index contributed by atoms with van der Waals surface area (Å²) in [5.74, 6) is 0. The molecule has 1 saturated heterocycles. The molecule has 0 aromatic heterocycles. The molecule has 1 atom stereocenters. The molecule has 0 spiro atoms. The Morgan fingerprint density at radius 1 is 1.19 bits per heavy atom. The number of piperazine rings is 1. The molecule has 1 aliphatic rings. The lowest BCUT2D eigenvalue weighted by molar-refractivity contribution is 0.118. The maximum Gasteiger partial charge on any atom is 0.317 e. The topological polar surface area (TPSA) is 35.6 Å². The quantitative estimate of drug-likeness (QED) is 0.793. The summed E-state index contributed by atoms with van der Waals surface area (Å²) in [6, 6.07) is 0.952. The average Bonchev–Trinajstić information content (AvgIpc) is 2.28. The first-order valence-corrected chi connectivity index (χ1v) is 6.34. The van der Waals surface area contributed by atoms with Crippen molar-refractivity contribution in [2.24, 2.45) is 0 Å². The number of hydrogen-bond donors (Lipinski definition) is 1. The summed E-state index contributed by atoms with van der Waals surface area (Å²) in [4.78, 5) is 16.2. The molecule has 1 fully saturated rings. The third kappa shape index (κ3) is 3.67. The van der Waals surface area contributed by atoms with Crippen LogP contribution in [-0.4, -0.2) is 54.1 Å². The van der Waals surface area contributed by atoms with Gasteiger partial charge in [-0.3, -0.25) is 4.90 Å². The Morgan fingerprint density at radius 3 is 2.19 bits per heavy atom. The van der Waals surface area contributed by atoms with E-state index in [1.807, 2.05) is 11.8 Å². The molecule has 1 unspecified atom stereocenters. The van der Waals surface area contributed by atoms with E-state index in [9.17, 15) is 4.79 Å². The van der Waals surface area contributed by atoms with Gasteiger partial charge in [0.15, 0.2) is 0 Å². The molecule has 0 aromatic carbocycles. The highest BCUT2D eigenvalue weighted by atomic mass is 16.2. The van der Waals surface area contributed by atoms with Crippen LogP contribution in [0.25, 0.3) is 0 Å². The van der Waals surface area contributed by atoms with Gasteiger partial charge in [-0.25, -0.2) is 4.79 Å². The minimum Gasteiger partial charge on any atom is -0.336 e. The summed E-state index contributed by atoms with van der Waals surface area (Å²) in [7, 11) is 0. The average molecular weight is 227 g/mol. The van der Waals surface area contributed by atoms with Crippen molar-refractivity contribution in [2.75, 3.05) is 26.2 Å². The summed E-state index contributed by atoms with van der Waals surface area (Å²) < 4.78 is 0. The molecule has 4 heteroatoms. The Hall–Kier alpha value is -0.770. The highest BCUT2D eigenvalue weighted by molar-refractivity contribution is 5.74. The number of rotatable bonds is 3. The fourth-order valence-corrected chi connectivity index (χ4v) is 1.85. The van der Waals surface area contributed by atoms with Crippen LogP contribution >= 0.6 is 0 Å². The summed E-state index contributed by atoms with van der Waals surface area (Å²) in [6.45, 7) is 12.2. The van der Waals surface area contributed by atoms with Gasteiger partial charge < -0.3 is 10.2 Å². The normalized spacial score (nSPS) is 19.9. The Morgan fingerprint density at radius 2 is 1.75 bits per heavy atom. The first kappa shape index (κ1) is 13.3. The Bertz CT molecular complexity index is 222. The fraction of sp³-hybridized carbons (Fsp3) is 0.917. The van der Waals surface area contributed by atoms with Crippen LogP contribution in [0.2, 0.25) is 0 Å². The van der Waals surface area contributed by atoms with Crippen LogP contribution < -0.4 is 5.32 Å². The van der Waals surface area contributed by atoms with Crippen LogP contribution in [0, 0.1) is 0 Å². The van der Waals surface area contributed by atoms with Crippen molar-refractivity contribution in [3.05, 3.63) is 0 Å². The number of carbonyl (C=O) groups is 1. The zero-order valence-electron chi connectivity index (χ0n) is 11.0. The lowest BCUT2D eigenvalue weighted by atomic mass is 10.2. The van der Waals surface area contributed by atoms with Crippen LogP contribution in [0.15, 0.2) is 0 Å². The van der Waals surface area contributed by atoms with E-state index < -0.39 is 0 Å². The van der Waals surface area contributed by atoms with Crippen LogP contribution in [0.5, 0.6) is 0 Å². The van der Waals surface area contributed by atoms with Gasteiger partial charge in [-0.05, 0) is 27.2 Å². The summed E-state index contributed by atoms with van der Waals surface area (Å²) >= 11 is 0. The predicted octanol–water partition coefficient (Wildman–Crippen LogP) is 1.52. The Balaban J connectivity index is 2.33. The van der Waals surface area contributed by atoms with Gasteiger partial charge in [0.05, 0.1) is 0 Å². The molecule has 94 valence electrons. The highest BCUT2D eigenvalue weighted by Gasteiger charge is 2.22. The largest absolute Gasteiger partial charge is 0.336 e. The number of carbonyl (C=O) groups excluding carboxylic acids is 1. The monoisotopic (exact) mass is 227 g/mol. The maximum atomic E-state index is 11.8. The van der Waals surface area contributed by atoms with E-state index in [1.165, 1.54) is 0 Å². The van der Waals surface area contributed by atoms with Crippen LogP contribution in [0.4, 0.5) is 4.79 Å². The van der Waals surface area contributed by atoms with E-state index in [4.69, 9.17) is 0 Å². The molecule has 1 aliphatic heterocycles. The molecule has 1 heterocycles.